The van der Waals surface area contributed by atoms with Crippen LogP contribution in [-0.4, -0.2) is 26.3 Å². The van der Waals surface area contributed by atoms with Crippen LogP contribution >= 0.6 is 11.6 Å². The average Bonchev–Trinajstić information content (AvgIpc) is 2.62. The molecule has 0 atom stereocenters. The zero-order valence-corrected chi connectivity index (χ0v) is 17.1. The van der Waals surface area contributed by atoms with Gasteiger partial charge in [0, 0.05) is 11.6 Å². The minimum Gasteiger partial charge on any atom is -0.493 e. The van der Waals surface area contributed by atoms with E-state index in [0.717, 1.165) is 5.56 Å². The van der Waals surface area contributed by atoms with Gasteiger partial charge in [-0.1, -0.05) is 56.6 Å². The van der Waals surface area contributed by atoms with Crippen molar-refractivity contribution in [2.24, 2.45) is 5.10 Å². The van der Waals surface area contributed by atoms with Crippen molar-refractivity contribution in [2.45, 2.75) is 32.6 Å². The molecular formula is C21H25ClN2O3. The summed E-state index contributed by atoms with van der Waals surface area (Å²) in [6.07, 6.45) is 1.73. The molecule has 2 aromatic rings. The highest BCUT2D eigenvalue weighted by Crippen LogP contribution is 2.32. The number of rotatable bonds is 6. The van der Waals surface area contributed by atoms with Crippen molar-refractivity contribution in [3.05, 3.63) is 58.1 Å². The Morgan fingerprint density at radius 3 is 2.26 bits per heavy atom. The fraction of sp³-hybridized carbons (Fsp3) is 0.333. The van der Waals surface area contributed by atoms with E-state index in [0.29, 0.717) is 22.1 Å². The molecule has 0 aromatic heterocycles. The third-order valence-corrected chi connectivity index (χ3v) is 4.41. The lowest BCUT2D eigenvalue weighted by atomic mass is 9.86. The highest BCUT2D eigenvalue weighted by atomic mass is 35.5. The van der Waals surface area contributed by atoms with Crippen LogP contribution in [0.4, 0.5) is 0 Å². The largest absolute Gasteiger partial charge is 0.493 e. The van der Waals surface area contributed by atoms with Crippen LogP contribution in [-0.2, 0) is 16.6 Å². The number of hydrogen-bond acceptors (Lipinski definition) is 4. The molecule has 0 bridgehead atoms. The van der Waals surface area contributed by atoms with Gasteiger partial charge in [0.05, 0.1) is 31.9 Å². The van der Waals surface area contributed by atoms with Gasteiger partial charge in [0.25, 0.3) is 0 Å². The molecule has 2 aromatic carbocycles. The summed E-state index contributed by atoms with van der Waals surface area (Å²) in [5.74, 6) is 0.863. The van der Waals surface area contributed by atoms with Gasteiger partial charge in [-0.05, 0) is 22.6 Å². The lowest BCUT2D eigenvalue weighted by Crippen LogP contribution is -2.20. The number of carbonyl (C=O) groups is 1. The van der Waals surface area contributed by atoms with E-state index in [4.69, 9.17) is 21.1 Å². The minimum absolute atomic E-state index is 0.0871. The quantitative estimate of drug-likeness (QED) is 0.591. The standard InChI is InChI=1S/C21H25ClN2O3/c1-21(2,3)16-8-6-14(7-9-16)10-20(25)24-23-13-15-11-18(26-4)19(27-5)12-17(15)22/h6-9,11-13H,10H2,1-5H3,(H,24,25)/b23-13-. The lowest BCUT2D eigenvalue weighted by molar-refractivity contribution is -0.120. The van der Waals surface area contributed by atoms with E-state index in [9.17, 15) is 4.79 Å². The molecule has 0 fully saturated rings. The van der Waals surface area contributed by atoms with Crippen molar-refractivity contribution in [3.8, 4) is 11.5 Å². The van der Waals surface area contributed by atoms with Gasteiger partial charge in [-0.15, -0.1) is 0 Å². The molecule has 2 rings (SSSR count). The number of nitrogens with one attached hydrogen (secondary N) is 1. The molecule has 0 heterocycles. The van der Waals surface area contributed by atoms with E-state index in [2.05, 4.69) is 43.4 Å². The summed E-state index contributed by atoms with van der Waals surface area (Å²) < 4.78 is 10.4. The van der Waals surface area contributed by atoms with Gasteiger partial charge in [0.1, 0.15) is 0 Å². The van der Waals surface area contributed by atoms with Crippen LogP contribution in [0.5, 0.6) is 11.5 Å². The van der Waals surface area contributed by atoms with Gasteiger partial charge >= 0.3 is 0 Å². The zero-order valence-electron chi connectivity index (χ0n) is 16.3. The first kappa shape index (κ1) is 20.8. The van der Waals surface area contributed by atoms with Crippen LogP contribution in [0.1, 0.15) is 37.5 Å². The Balaban J connectivity index is 1.99. The first-order chi connectivity index (χ1) is 12.7. The second-order valence-electron chi connectivity index (χ2n) is 7.15. The Labute approximate surface area is 165 Å². The van der Waals surface area contributed by atoms with Gasteiger partial charge in [-0.2, -0.15) is 5.10 Å². The van der Waals surface area contributed by atoms with Gasteiger partial charge in [0.15, 0.2) is 11.5 Å². The van der Waals surface area contributed by atoms with E-state index in [1.807, 2.05) is 12.1 Å². The molecule has 0 aliphatic heterocycles. The fourth-order valence-corrected chi connectivity index (χ4v) is 2.69. The lowest BCUT2D eigenvalue weighted by Gasteiger charge is -2.19. The van der Waals surface area contributed by atoms with Gasteiger partial charge in [0.2, 0.25) is 5.91 Å². The Morgan fingerprint density at radius 1 is 1.11 bits per heavy atom. The molecule has 144 valence electrons. The van der Waals surface area contributed by atoms with E-state index in [-0.39, 0.29) is 17.7 Å². The van der Waals surface area contributed by atoms with E-state index < -0.39 is 0 Å². The monoisotopic (exact) mass is 388 g/mol. The molecule has 5 nitrogen and oxygen atoms in total. The molecule has 0 aliphatic carbocycles. The van der Waals surface area contributed by atoms with Crippen molar-refractivity contribution >= 4 is 23.7 Å². The van der Waals surface area contributed by atoms with Crippen molar-refractivity contribution in [3.63, 3.8) is 0 Å². The number of nitrogens with zero attached hydrogens (tertiary/aromatic N) is 1. The smallest absolute Gasteiger partial charge is 0.244 e. The number of hydrogen-bond donors (Lipinski definition) is 1. The van der Waals surface area contributed by atoms with Gasteiger partial charge < -0.3 is 9.47 Å². The molecule has 0 spiro atoms. The molecule has 0 saturated heterocycles. The summed E-state index contributed by atoms with van der Waals surface area (Å²) in [5, 5.41) is 4.43. The van der Waals surface area contributed by atoms with Crippen LogP contribution < -0.4 is 14.9 Å². The van der Waals surface area contributed by atoms with Crippen LogP contribution in [0.3, 0.4) is 0 Å². The van der Waals surface area contributed by atoms with E-state index >= 15 is 0 Å². The van der Waals surface area contributed by atoms with Gasteiger partial charge in [-0.3, -0.25) is 4.79 Å². The Morgan fingerprint density at radius 2 is 1.70 bits per heavy atom. The Hall–Kier alpha value is -2.53. The maximum Gasteiger partial charge on any atom is 0.244 e. The highest BCUT2D eigenvalue weighted by Gasteiger charge is 2.13. The van der Waals surface area contributed by atoms with Gasteiger partial charge in [-0.25, -0.2) is 5.43 Å². The zero-order chi connectivity index (χ0) is 20.0. The third kappa shape index (κ3) is 5.73. The number of carbonyl (C=O) groups excluding carboxylic acids is 1. The number of hydrazone groups is 1. The molecule has 0 saturated carbocycles. The van der Waals surface area contributed by atoms with Crippen LogP contribution in [0, 0.1) is 0 Å². The summed E-state index contributed by atoms with van der Waals surface area (Å²) in [4.78, 5) is 12.1. The van der Waals surface area contributed by atoms with Crippen molar-refractivity contribution in [2.75, 3.05) is 14.2 Å². The Kier molecular flexibility index (Phi) is 6.86. The summed E-state index contributed by atoms with van der Waals surface area (Å²) >= 11 is 6.19. The second-order valence-corrected chi connectivity index (χ2v) is 7.55. The van der Waals surface area contributed by atoms with Crippen molar-refractivity contribution in [1.29, 1.82) is 0 Å². The maximum atomic E-state index is 12.1. The van der Waals surface area contributed by atoms with E-state index in [1.54, 1.807) is 19.2 Å². The maximum absolute atomic E-state index is 12.1. The second kappa shape index (κ2) is 8.91. The first-order valence-electron chi connectivity index (χ1n) is 8.57. The predicted octanol–water partition coefficient (Wildman–Crippen LogP) is 4.35. The minimum atomic E-state index is -0.202. The number of methoxy groups -OCH3 is 2. The summed E-state index contributed by atoms with van der Waals surface area (Å²) in [6, 6.07) is 11.4. The SMILES string of the molecule is COc1cc(Cl)c(/C=N\NC(=O)Cc2ccc(C(C)(C)C)cc2)cc1OC. The van der Waals surface area contributed by atoms with Crippen LogP contribution in [0.2, 0.25) is 5.02 Å². The Bertz CT molecular complexity index is 825. The fourth-order valence-electron chi connectivity index (χ4n) is 2.49. The predicted molar refractivity (Wildman–Crippen MR) is 109 cm³/mol. The molecule has 1 amide bonds. The number of benzene rings is 2. The average molecular weight is 389 g/mol. The summed E-state index contributed by atoms with van der Waals surface area (Å²) in [6.45, 7) is 6.47. The number of amides is 1. The topological polar surface area (TPSA) is 59.9 Å². The molecule has 0 radical (unpaired) electrons. The molecule has 0 aliphatic rings. The van der Waals surface area contributed by atoms with Crippen LogP contribution in [0.15, 0.2) is 41.5 Å². The molecule has 1 N–H and O–H groups in total. The highest BCUT2D eigenvalue weighted by molar-refractivity contribution is 6.33. The molecule has 6 heteroatoms. The van der Waals surface area contributed by atoms with Crippen LogP contribution in [0.25, 0.3) is 0 Å². The van der Waals surface area contributed by atoms with E-state index in [1.165, 1.54) is 18.9 Å². The molecular weight excluding hydrogens is 364 g/mol. The summed E-state index contributed by atoms with van der Waals surface area (Å²) in [7, 11) is 3.08. The third-order valence-electron chi connectivity index (χ3n) is 4.08. The number of halogens is 1. The molecule has 0 unspecified atom stereocenters. The van der Waals surface area contributed by atoms with Crippen molar-refractivity contribution < 1.29 is 14.3 Å². The first-order valence-corrected chi connectivity index (χ1v) is 8.95. The number of ether oxygens (including phenoxy) is 2. The molecule has 27 heavy (non-hydrogen) atoms. The van der Waals surface area contributed by atoms with Crippen molar-refractivity contribution in [1.82, 2.24) is 5.43 Å². The normalized spacial score (nSPS) is 11.5. The summed E-state index contributed by atoms with van der Waals surface area (Å²) in [5.41, 5.74) is 5.38.